The quantitative estimate of drug-likeness (QED) is 0.634. The number of ether oxygens (including phenoxy) is 1. The summed E-state index contributed by atoms with van der Waals surface area (Å²) in [5, 5.41) is 0. The van der Waals surface area contributed by atoms with Crippen LogP contribution < -0.4 is 8.92 Å². The normalized spacial score (nSPS) is 10.1. The Morgan fingerprint density at radius 2 is 1.75 bits per heavy atom. The SMILES string of the molecule is C=CCOc1ccc(OS(=O)(=O)O)cc1.F. The average molecular weight is 250 g/mol. The Morgan fingerprint density at radius 3 is 2.19 bits per heavy atom. The highest BCUT2D eigenvalue weighted by molar-refractivity contribution is 7.81. The predicted octanol–water partition coefficient (Wildman–Crippen LogP) is 1.59. The zero-order valence-electron chi connectivity index (χ0n) is 8.20. The molecule has 0 unspecified atom stereocenters. The van der Waals surface area contributed by atoms with E-state index in [1.165, 1.54) is 24.3 Å². The third-order valence-electron chi connectivity index (χ3n) is 1.39. The van der Waals surface area contributed by atoms with E-state index in [1.807, 2.05) is 0 Å². The van der Waals surface area contributed by atoms with Crippen molar-refractivity contribution in [2.24, 2.45) is 0 Å². The van der Waals surface area contributed by atoms with Crippen LogP contribution in [0.5, 0.6) is 11.5 Å². The smallest absolute Gasteiger partial charge is 0.446 e. The Hall–Kier alpha value is -1.60. The van der Waals surface area contributed by atoms with Gasteiger partial charge in [0.2, 0.25) is 0 Å². The molecule has 1 aromatic rings. The van der Waals surface area contributed by atoms with Crippen LogP contribution in [0.15, 0.2) is 36.9 Å². The highest BCUT2D eigenvalue weighted by Crippen LogP contribution is 2.18. The molecule has 1 rings (SSSR count). The predicted molar refractivity (Wildman–Crippen MR) is 56.8 cm³/mol. The summed E-state index contributed by atoms with van der Waals surface area (Å²) in [6, 6.07) is 5.77. The van der Waals surface area contributed by atoms with E-state index < -0.39 is 10.4 Å². The molecule has 0 atom stereocenters. The van der Waals surface area contributed by atoms with Crippen molar-refractivity contribution in [3.63, 3.8) is 0 Å². The van der Waals surface area contributed by atoms with Crippen LogP contribution in [0.25, 0.3) is 0 Å². The van der Waals surface area contributed by atoms with E-state index in [0.717, 1.165) is 0 Å². The lowest BCUT2D eigenvalue weighted by molar-refractivity contribution is 0.361. The molecule has 0 aliphatic carbocycles. The molecule has 0 saturated carbocycles. The van der Waals surface area contributed by atoms with E-state index in [-0.39, 0.29) is 10.5 Å². The van der Waals surface area contributed by atoms with Crippen LogP contribution in [0.2, 0.25) is 0 Å². The van der Waals surface area contributed by atoms with Crippen molar-refractivity contribution in [1.29, 1.82) is 0 Å². The fraction of sp³-hybridized carbons (Fsp3) is 0.111. The van der Waals surface area contributed by atoms with Crippen LogP contribution in [0.1, 0.15) is 0 Å². The second-order valence-electron chi connectivity index (χ2n) is 2.58. The summed E-state index contributed by atoms with van der Waals surface area (Å²) in [5.74, 6) is 0.570. The number of hydrogen-bond acceptors (Lipinski definition) is 4. The van der Waals surface area contributed by atoms with Crippen LogP contribution in [-0.4, -0.2) is 19.6 Å². The van der Waals surface area contributed by atoms with E-state index in [9.17, 15) is 8.42 Å². The first-order valence-corrected chi connectivity index (χ1v) is 5.38. The zero-order valence-corrected chi connectivity index (χ0v) is 9.01. The number of benzene rings is 1. The van der Waals surface area contributed by atoms with Crippen LogP contribution >= 0.6 is 0 Å². The first-order valence-electron chi connectivity index (χ1n) is 4.02. The highest BCUT2D eigenvalue weighted by Gasteiger charge is 2.06. The van der Waals surface area contributed by atoms with Crippen molar-refractivity contribution in [2.45, 2.75) is 0 Å². The average Bonchev–Trinajstić information content (AvgIpc) is 2.14. The van der Waals surface area contributed by atoms with Gasteiger partial charge < -0.3 is 8.92 Å². The second-order valence-corrected chi connectivity index (χ2v) is 3.60. The Balaban J connectivity index is 0.00000225. The monoisotopic (exact) mass is 250 g/mol. The molecule has 0 radical (unpaired) electrons. The van der Waals surface area contributed by atoms with Crippen molar-refractivity contribution in [2.75, 3.05) is 6.61 Å². The third-order valence-corrected chi connectivity index (χ3v) is 1.80. The first-order chi connectivity index (χ1) is 7.01. The lowest BCUT2D eigenvalue weighted by Gasteiger charge is -2.04. The van der Waals surface area contributed by atoms with Gasteiger partial charge in [0.1, 0.15) is 18.1 Å². The molecular formula is C9H11FO5S. The maximum Gasteiger partial charge on any atom is 0.446 e. The van der Waals surface area contributed by atoms with Gasteiger partial charge in [0, 0.05) is 0 Å². The maximum absolute atomic E-state index is 10.3. The molecule has 0 aliphatic heterocycles. The Morgan fingerprint density at radius 1 is 1.25 bits per heavy atom. The fourth-order valence-electron chi connectivity index (χ4n) is 0.868. The minimum atomic E-state index is -4.46. The van der Waals surface area contributed by atoms with Crippen LogP contribution in [0.3, 0.4) is 0 Å². The molecule has 0 amide bonds. The van der Waals surface area contributed by atoms with Gasteiger partial charge in [-0.15, -0.1) is 0 Å². The van der Waals surface area contributed by atoms with Crippen molar-refractivity contribution < 1.29 is 26.6 Å². The molecular weight excluding hydrogens is 239 g/mol. The lowest BCUT2D eigenvalue weighted by atomic mass is 10.3. The molecule has 0 aromatic heterocycles. The summed E-state index contributed by atoms with van der Waals surface area (Å²) in [5.41, 5.74) is 0. The minimum absolute atomic E-state index is 0. The molecule has 0 heterocycles. The summed E-state index contributed by atoms with van der Waals surface area (Å²) < 4.78 is 38.4. The molecule has 90 valence electrons. The molecule has 0 aliphatic rings. The zero-order chi connectivity index (χ0) is 11.3. The van der Waals surface area contributed by atoms with Gasteiger partial charge in [-0.05, 0) is 24.3 Å². The van der Waals surface area contributed by atoms with Gasteiger partial charge in [-0.25, -0.2) is 0 Å². The summed E-state index contributed by atoms with van der Waals surface area (Å²) in [6.45, 7) is 3.84. The van der Waals surface area contributed by atoms with Gasteiger partial charge >= 0.3 is 10.4 Å². The molecule has 0 fully saturated rings. The van der Waals surface area contributed by atoms with Crippen LogP contribution in [-0.2, 0) is 10.4 Å². The van der Waals surface area contributed by atoms with Crippen molar-refractivity contribution in [3.05, 3.63) is 36.9 Å². The van der Waals surface area contributed by atoms with Crippen molar-refractivity contribution >= 4 is 10.4 Å². The van der Waals surface area contributed by atoms with Crippen molar-refractivity contribution in [1.82, 2.24) is 0 Å². The largest absolute Gasteiger partial charge is 0.490 e. The number of rotatable bonds is 5. The number of halogens is 1. The maximum atomic E-state index is 10.3. The minimum Gasteiger partial charge on any atom is -0.490 e. The molecule has 16 heavy (non-hydrogen) atoms. The summed E-state index contributed by atoms with van der Waals surface area (Å²) in [6.07, 6.45) is 1.59. The van der Waals surface area contributed by atoms with E-state index in [2.05, 4.69) is 10.8 Å². The lowest BCUT2D eigenvalue weighted by Crippen LogP contribution is -2.06. The van der Waals surface area contributed by atoms with Gasteiger partial charge in [0.25, 0.3) is 0 Å². The highest BCUT2D eigenvalue weighted by atomic mass is 32.3. The topological polar surface area (TPSA) is 72.8 Å². The second kappa shape index (κ2) is 6.09. The van der Waals surface area contributed by atoms with Gasteiger partial charge in [0.15, 0.2) is 0 Å². The van der Waals surface area contributed by atoms with Crippen molar-refractivity contribution in [3.8, 4) is 11.5 Å². The first kappa shape index (κ1) is 14.4. The Bertz CT molecular complexity index is 426. The van der Waals surface area contributed by atoms with Crippen LogP contribution in [0, 0.1) is 0 Å². The fourth-order valence-corrected chi connectivity index (χ4v) is 1.22. The molecule has 0 spiro atoms. The Labute approximate surface area is 92.6 Å². The molecule has 5 nitrogen and oxygen atoms in total. The van der Waals surface area contributed by atoms with Crippen LogP contribution in [0.4, 0.5) is 4.70 Å². The standard InChI is InChI=1S/C9H10O5S.FH/c1-2-7-13-8-3-5-9(6-4-8)14-15(10,11)12;/h2-6H,1,7H2,(H,10,11,12);1H. The van der Waals surface area contributed by atoms with Gasteiger partial charge in [0.05, 0.1) is 0 Å². The van der Waals surface area contributed by atoms with E-state index in [0.29, 0.717) is 12.4 Å². The summed E-state index contributed by atoms with van der Waals surface area (Å²) >= 11 is 0. The van der Waals surface area contributed by atoms with E-state index in [4.69, 9.17) is 9.29 Å². The third kappa shape index (κ3) is 5.32. The van der Waals surface area contributed by atoms with Gasteiger partial charge in [-0.3, -0.25) is 9.26 Å². The molecule has 1 N–H and O–H groups in total. The molecule has 0 saturated heterocycles. The summed E-state index contributed by atoms with van der Waals surface area (Å²) in [7, 11) is -4.46. The van der Waals surface area contributed by atoms with E-state index in [1.54, 1.807) is 6.08 Å². The summed E-state index contributed by atoms with van der Waals surface area (Å²) in [4.78, 5) is 0. The van der Waals surface area contributed by atoms with E-state index >= 15 is 0 Å². The van der Waals surface area contributed by atoms with Gasteiger partial charge in [-0.2, -0.15) is 8.42 Å². The molecule has 7 heteroatoms. The Kier molecular flexibility index (Phi) is 5.48. The molecule has 0 bridgehead atoms. The van der Waals surface area contributed by atoms with Gasteiger partial charge in [-0.1, -0.05) is 12.7 Å². The number of hydrogen-bond donors (Lipinski definition) is 1. The molecule has 1 aromatic carbocycles.